The summed E-state index contributed by atoms with van der Waals surface area (Å²) < 4.78 is 11.3. The van der Waals surface area contributed by atoms with Crippen LogP contribution < -0.4 is 4.74 Å². The molecule has 0 radical (unpaired) electrons. The molecule has 1 saturated heterocycles. The Morgan fingerprint density at radius 2 is 2.12 bits per heavy atom. The maximum atomic E-state index is 6.02. The third kappa shape index (κ3) is 2.98. The second-order valence-corrected chi connectivity index (χ2v) is 4.74. The highest BCUT2D eigenvalue weighted by molar-refractivity contribution is 9.08. The molecule has 1 aliphatic rings. The second-order valence-electron chi connectivity index (χ2n) is 4.17. The Morgan fingerprint density at radius 1 is 1.38 bits per heavy atom. The Hall–Kier alpha value is -0.540. The predicted octanol–water partition coefficient (Wildman–Crippen LogP) is 3.45. The lowest BCUT2D eigenvalue weighted by Gasteiger charge is -2.24. The molecule has 2 rings (SSSR count). The number of benzene rings is 1. The van der Waals surface area contributed by atoms with Gasteiger partial charge in [-0.2, -0.15) is 0 Å². The van der Waals surface area contributed by atoms with Crippen molar-refractivity contribution in [2.45, 2.75) is 31.2 Å². The highest BCUT2D eigenvalue weighted by Gasteiger charge is 2.16. The zero-order chi connectivity index (χ0) is 11.4. The molecule has 0 bridgehead atoms. The molecule has 0 saturated carbocycles. The quantitative estimate of drug-likeness (QED) is 0.792. The number of aryl methyl sites for hydroxylation is 1. The molecular weight excluding hydrogens is 268 g/mol. The Kier molecular flexibility index (Phi) is 4.24. The van der Waals surface area contributed by atoms with Crippen molar-refractivity contribution in [3.63, 3.8) is 0 Å². The van der Waals surface area contributed by atoms with Gasteiger partial charge in [0.25, 0.3) is 0 Å². The van der Waals surface area contributed by atoms with Gasteiger partial charge in [-0.1, -0.05) is 33.6 Å². The van der Waals surface area contributed by atoms with E-state index in [0.29, 0.717) is 6.10 Å². The molecule has 1 aromatic rings. The summed E-state index contributed by atoms with van der Waals surface area (Å²) in [6.45, 7) is 3.74. The van der Waals surface area contributed by atoms with Gasteiger partial charge in [-0.05, 0) is 13.0 Å². The minimum atomic E-state index is 0.314. The fourth-order valence-corrected chi connectivity index (χ4v) is 2.34. The Labute approximate surface area is 105 Å². The molecule has 0 aromatic heterocycles. The number of hydrogen-bond acceptors (Lipinski definition) is 2. The van der Waals surface area contributed by atoms with E-state index in [4.69, 9.17) is 9.47 Å². The number of halogens is 1. The predicted molar refractivity (Wildman–Crippen MR) is 68.3 cm³/mol. The lowest BCUT2D eigenvalue weighted by atomic mass is 10.1. The van der Waals surface area contributed by atoms with Crippen LogP contribution in [0.2, 0.25) is 0 Å². The molecule has 0 unspecified atom stereocenters. The van der Waals surface area contributed by atoms with Gasteiger partial charge in [-0.15, -0.1) is 0 Å². The molecular formula is C13H17BrO2. The highest BCUT2D eigenvalue weighted by Crippen LogP contribution is 2.25. The van der Waals surface area contributed by atoms with Gasteiger partial charge in [-0.3, -0.25) is 0 Å². The molecule has 16 heavy (non-hydrogen) atoms. The summed E-state index contributed by atoms with van der Waals surface area (Å²) in [5, 5.41) is 0.841. The van der Waals surface area contributed by atoms with Crippen molar-refractivity contribution in [1.29, 1.82) is 0 Å². The minimum absolute atomic E-state index is 0.314. The summed E-state index contributed by atoms with van der Waals surface area (Å²) in [7, 11) is 0. The van der Waals surface area contributed by atoms with Crippen LogP contribution in [0.5, 0.6) is 5.75 Å². The molecule has 1 aliphatic heterocycles. The molecule has 3 heteroatoms. The molecule has 1 aromatic carbocycles. The van der Waals surface area contributed by atoms with Gasteiger partial charge in [-0.25, -0.2) is 0 Å². The second kappa shape index (κ2) is 5.69. The summed E-state index contributed by atoms with van der Waals surface area (Å²) in [6, 6.07) is 6.34. The van der Waals surface area contributed by atoms with E-state index in [1.807, 2.05) is 0 Å². The average Bonchev–Trinajstić information content (AvgIpc) is 2.33. The molecule has 88 valence electrons. The summed E-state index contributed by atoms with van der Waals surface area (Å²) >= 11 is 3.50. The minimum Gasteiger partial charge on any atom is -0.490 e. The first-order chi connectivity index (χ1) is 7.79. The van der Waals surface area contributed by atoms with Gasteiger partial charge >= 0.3 is 0 Å². The van der Waals surface area contributed by atoms with Crippen LogP contribution in [0.4, 0.5) is 0 Å². The first kappa shape index (κ1) is 11.9. The smallest absolute Gasteiger partial charge is 0.123 e. The molecule has 2 nitrogen and oxygen atoms in total. The fraction of sp³-hybridized carbons (Fsp3) is 0.538. The van der Waals surface area contributed by atoms with Crippen LogP contribution in [0.3, 0.4) is 0 Å². The van der Waals surface area contributed by atoms with Crippen molar-refractivity contribution >= 4 is 15.9 Å². The third-order valence-corrected chi connectivity index (χ3v) is 3.43. The first-order valence-corrected chi connectivity index (χ1v) is 6.81. The van der Waals surface area contributed by atoms with Gasteiger partial charge in [0.1, 0.15) is 11.9 Å². The van der Waals surface area contributed by atoms with Crippen LogP contribution in [0.15, 0.2) is 18.2 Å². The van der Waals surface area contributed by atoms with Crippen LogP contribution in [0, 0.1) is 6.92 Å². The standard InChI is InChI=1S/C13H17BrO2/c1-10-2-3-13(11(8-10)9-14)16-12-4-6-15-7-5-12/h2-3,8,12H,4-7,9H2,1H3. The van der Waals surface area contributed by atoms with Crippen LogP contribution in [-0.2, 0) is 10.1 Å². The van der Waals surface area contributed by atoms with E-state index in [1.165, 1.54) is 11.1 Å². The molecule has 0 amide bonds. The summed E-state index contributed by atoms with van der Waals surface area (Å²) in [5.41, 5.74) is 2.50. The van der Waals surface area contributed by atoms with Crippen molar-refractivity contribution in [3.05, 3.63) is 29.3 Å². The van der Waals surface area contributed by atoms with Crippen LogP contribution in [-0.4, -0.2) is 19.3 Å². The van der Waals surface area contributed by atoms with Gasteiger partial charge in [0.15, 0.2) is 0 Å². The summed E-state index contributed by atoms with van der Waals surface area (Å²) in [5.74, 6) is 1.01. The number of hydrogen-bond donors (Lipinski definition) is 0. The van der Waals surface area contributed by atoms with Crippen molar-refractivity contribution in [1.82, 2.24) is 0 Å². The highest BCUT2D eigenvalue weighted by atomic mass is 79.9. The zero-order valence-electron chi connectivity index (χ0n) is 9.54. The monoisotopic (exact) mass is 284 g/mol. The SMILES string of the molecule is Cc1ccc(OC2CCOCC2)c(CBr)c1. The van der Waals surface area contributed by atoms with E-state index in [-0.39, 0.29) is 0 Å². The largest absolute Gasteiger partial charge is 0.490 e. The maximum Gasteiger partial charge on any atom is 0.123 e. The maximum absolute atomic E-state index is 6.02. The Morgan fingerprint density at radius 3 is 2.81 bits per heavy atom. The lowest BCUT2D eigenvalue weighted by Crippen LogP contribution is -2.26. The Balaban J connectivity index is 2.07. The number of rotatable bonds is 3. The summed E-state index contributed by atoms with van der Waals surface area (Å²) in [6.07, 6.45) is 2.31. The van der Waals surface area contributed by atoms with Crippen molar-refractivity contribution in [3.8, 4) is 5.75 Å². The third-order valence-electron chi connectivity index (χ3n) is 2.82. The van der Waals surface area contributed by atoms with Gasteiger partial charge in [0, 0.05) is 23.7 Å². The van der Waals surface area contributed by atoms with E-state index in [0.717, 1.165) is 37.1 Å². The van der Waals surface area contributed by atoms with E-state index in [2.05, 4.69) is 41.1 Å². The van der Waals surface area contributed by atoms with Crippen molar-refractivity contribution in [2.24, 2.45) is 0 Å². The van der Waals surface area contributed by atoms with E-state index in [1.54, 1.807) is 0 Å². The van der Waals surface area contributed by atoms with Crippen LogP contribution >= 0.6 is 15.9 Å². The molecule has 1 heterocycles. The fourth-order valence-electron chi connectivity index (χ4n) is 1.90. The van der Waals surface area contributed by atoms with E-state index in [9.17, 15) is 0 Å². The topological polar surface area (TPSA) is 18.5 Å². The normalized spacial score (nSPS) is 17.4. The molecule has 0 N–H and O–H groups in total. The zero-order valence-corrected chi connectivity index (χ0v) is 11.1. The van der Waals surface area contributed by atoms with Crippen molar-refractivity contribution in [2.75, 3.05) is 13.2 Å². The molecule has 0 atom stereocenters. The summed E-state index contributed by atoms with van der Waals surface area (Å²) in [4.78, 5) is 0. The number of alkyl halides is 1. The van der Waals surface area contributed by atoms with Crippen LogP contribution in [0.25, 0.3) is 0 Å². The average molecular weight is 285 g/mol. The van der Waals surface area contributed by atoms with Gasteiger partial charge in [0.05, 0.1) is 13.2 Å². The van der Waals surface area contributed by atoms with Crippen LogP contribution in [0.1, 0.15) is 24.0 Å². The van der Waals surface area contributed by atoms with Crippen molar-refractivity contribution < 1.29 is 9.47 Å². The van der Waals surface area contributed by atoms with Gasteiger partial charge < -0.3 is 9.47 Å². The molecule has 0 spiro atoms. The first-order valence-electron chi connectivity index (χ1n) is 5.69. The van der Waals surface area contributed by atoms with Gasteiger partial charge in [0.2, 0.25) is 0 Å². The van der Waals surface area contributed by atoms with E-state index >= 15 is 0 Å². The molecule has 1 fully saturated rings. The molecule has 0 aliphatic carbocycles. The van der Waals surface area contributed by atoms with E-state index < -0.39 is 0 Å². The number of ether oxygens (including phenoxy) is 2. The Bertz CT molecular complexity index is 346. The lowest BCUT2D eigenvalue weighted by molar-refractivity contribution is 0.0253.